The minimum Gasteiger partial charge on any atom is -0.496 e. The molecule has 6 heteroatoms. The Bertz CT molecular complexity index is 936. The molecule has 0 bridgehead atoms. The van der Waals surface area contributed by atoms with Crippen molar-refractivity contribution in [2.45, 2.75) is 19.9 Å². The van der Waals surface area contributed by atoms with Crippen LogP contribution in [0.3, 0.4) is 0 Å². The Hall–Kier alpha value is -3.15. The van der Waals surface area contributed by atoms with E-state index in [0.29, 0.717) is 11.4 Å². The second-order valence-electron chi connectivity index (χ2n) is 6.07. The second-order valence-corrected chi connectivity index (χ2v) is 6.07. The number of carbonyl (C=O) groups is 1. The molecule has 1 unspecified atom stereocenters. The summed E-state index contributed by atoms with van der Waals surface area (Å²) in [4.78, 5) is 12.5. The number of hydrogen-bond acceptors (Lipinski definition) is 3. The van der Waals surface area contributed by atoms with Gasteiger partial charge in [-0.1, -0.05) is 23.8 Å². The fraction of sp³-hybridized carbons (Fsp3) is 0.200. The highest BCUT2D eigenvalue weighted by atomic mass is 19.1. The second kappa shape index (κ2) is 7.39. The molecule has 0 saturated heterocycles. The normalized spacial score (nSPS) is 11.8. The van der Waals surface area contributed by atoms with Crippen LogP contribution in [0.1, 0.15) is 34.6 Å². The van der Waals surface area contributed by atoms with E-state index in [1.165, 1.54) is 16.8 Å². The lowest BCUT2D eigenvalue weighted by Crippen LogP contribution is -2.27. The summed E-state index contributed by atoms with van der Waals surface area (Å²) in [5, 5.41) is 7.16. The number of nitrogens with one attached hydrogen (secondary N) is 1. The first-order valence-corrected chi connectivity index (χ1v) is 8.25. The fourth-order valence-electron chi connectivity index (χ4n) is 2.75. The summed E-state index contributed by atoms with van der Waals surface area (Å²) in [6.07, 6.45) is 1.63. The number of methoxy groups -OCH3 is 1. The molecule has 3 rings (SSSR count). The molecule has 0 fully saturated rings. The molecule has 0 spiro atoms. The van der Waals surface area contributed by atoms with E-state index in [1.807, 2.05) is 32.0 Å². The Labute approximate surface area is 151 Å². The van der Waals surface area contributed by atoms with Gasteiger partial charge in [0, 0.05) is 11.8 Å². The molecule has 1 heterocycles. The third-order valence-electron chi connectivity index (χ3n) is 4.09. The Morgan fingerprint density at radius 1 is 1.23 bits per heavy atom. The zero-order valence-electron chi connectivity index (χ0n) is 14.9. The number of nitrogens with zero attached hydrogens (tertiary/aromatic N) is 2. The smallest absolute Gasteiger partial charge is 0.272 e. The molecule has 3 aromatic rings. The number of rotatable bonds is 5. The van der Waals surface area contributed by atoms with Gasteiger partial charge in [0.1, 0.15) is 11.6 Å². The summed E-state index contributed by atoms with van der Waals surface area (Å²) in [7, 11) is 1.60. The molecule has 0 saturated carbocycles. The molecule has 5 nitrogen and oxygen atoms in total. The van der Waals surface area contributed by atoms with Crippen molar-refractivity contribution in [3.05, 3.63) is 77.4 Å². The van der Waals surface area contributed by atoms with Gasteiger partial charge in [0.25, 0.3) is 5.91 Å². The number of hydrogen-bond donors (Lipinski definition) is 1. The minimum atomic E-state index is -0.357. The number of halogens is 1. The highest BCUT2D eigenvalue weighted by molar-refractivity contribution is 5.92. The maximum atomic E-state index is 13.3. The Balaban J connectivity index is 1.77. The van der Waals surface area contributed by atoms with Crippen molar-refractivity contribution in [3.63, 3.8) is 0 Å². The first-order valence-electron chi connectivity index (χ1n) is 8.25. The molecule has 0 aliphatic carbocycles. The lowest BCUT2D eigenvalue weighted by molar-refractivity contribution is 0.0934. The zero-order valence-corrected chi connectivity index (χ0v) is 14.9. The third-order valence-corrected chi connectivity index (χ3v) is 4.09. The number of aromatic nitrogens is 2. The van der Waals surface area contributed by atoms with Gasteiger partial charge in [0.05, 0.1) is 18.8 Å². The SMILES string of the molecule is COc1ccc(C)cc1C(C)NC(=O)c1ccn(-c2cccc(F)c2)n1. The third kappa shape index (κ3) is 3.74. The molecule has 1 atom stereocenters. The number of ether oxygens (including phenoxy) is 1. The molecule has 0 aliphatic rings. The van der Waals surface area contributed by atoms with Gasteiger partial charge in [0.15, 0.2) is 5.69 Å². The predicted octanol–water partition coefficient (Wildman–Crippen LogP) is 3.82. The van der Waals surface area contributed by atoms with Crippen LogP contribution in [-0.4, -0.2) is 22.8 Å². The average Bonchev–Trinajstić information content (AvgIpc) is 3.12. The van der Waals surface area contributed by atoms with Crippen molar-refractivity contribution in [3.8, 4) is 11.4 Å². The molecule has 26 heavy (non-hydrogen) atoms. The topological polar surface area (TPSA) is 56.1 Å². The summed E-state index contributed by atoms with van der Waals surface area (Å²) in [6, 6.07) is 13.2. The molecule has 1 N–H and O–H groups in total. The summed E-state index contributed by atoms with van der Waals surface area (Å²) in [5.41, 5.74) is 2.79. The van der Waals surface area contributed by atoms with E-state index in [4.69, 9.17) is 4.74 Å². The summed E-state index contributed by atoms with van der Waals surface area (Å²) < 4.78 is 20.2. The first kappa shape index (κ1) is 17.7. The van der Waals surface area contributed by atoms with Crippen LogP contribution < -0.4 is 10.1 Å². The van der Waals surface area contributed by atoms with Gasteiger partial charge in [-0.25, -0.2) is 9.07 Å². The molecule has 1 aromatic heterocycles. The summed E-state index contributed by atoms with van der Waals surface area (Å²) in [6.45, 7) is 3.87. The molecule has 0 radical (unpaired) electrons. The number of benzene rings is 2. The van der Waals surface area contributed by atoms with Crippen LogP contribution >= 0.6 is 0 Å². The molecule has 134 valence electrons. The highest BCUT2D eigenvalue weighted by Gasteiger charge is 2.17. The monoisotopic (exact) mass is 353 g/mol. The van der Waals surface area contributed by atoms with E-state index in [2.05, 4.69) is 10.4 Å². The Morgan fingerprint density at radius 2 is 2.04 bits per heavy atom. The number of aryl methyl sites for hydroxylation is 1. The first-order chi connectivity index (χ1) is 12.5. The van der Waals surface area contributed by atoms with Crippen LogP contribution in [0.5, 0.6) is 5.75 Å². The average molecular weight is 353 g/mol. The standard InChI is InChI=1S/C20H20FN3O2/c1-13-7-8-19(26-3)17(11-13)14(2)22-20(25)18-9-10-24(23-18)16-6-4-5-15(21)12-16/h4-12,14H,1-3H3,(H,22,25). The van der Waals surface area contributed by atoms with Crippen molar-refractivity contribution in [1.82, 2.24) is 15.1 Å². The minimum absolute atomic E-state index is 0.253. The van der Waals surface area contributed by atoms with Crippen molar-refractivity contribution >= 4 is 5.91 Å². The van der Waals surface area contributed by atoms with Crippen LogP contribution in [-0.2, 0) is 0 Å². The van der Waals surface area contributed by atoms with E-state index in [0.717, 1.165) is 11.1 Å². The Morgan fingerprint density at radius 3 is 2.77 bits per heavy atom. The molecular formula is C20H20FN3O2. The molecule has 2 aromatic carbocycles. The van der Waals surface area contributed by atoms with E-state index in [9.17, 15) is 9.18 Å². The van der Waals surface area contributed by atoms with Crippen molar-refractivity contribution in [2.75, 3.05) is 7.11 Å². The maximum absolute atomic E-state index is 13.3. The van der Waals surface area contributed by atoms with Crippen molar-refractivity contribution < 1.29 is 13.9 Å². The van der Waals surface area contributed by atoms with Gasteiger partial charge in [-0.3, -0.25) is 4.79 Å². The maximum Gasteiger partial charge on any atom is 0.272 e. The van der Waals surface area contributed by atoms with Gasteiger partial charge in [-0.15, -0.1) is 0 Å². The van der Waals surface area contributed by atoms with Crippen LogP contribution in [0.15, 0.2) is 54.7 Å². The van der Waals surface area contributed by atoms with Crippen LogP contribution in [0.4, 0.5) is 4.39 Å². The molecular weight excluding hydrogens is 333 g/mol. The van der Waals surface area contributed by atoms with Crippen LogP contribution in [0.2, 0.25) is 0 Å². The van der Waals surface area contributed by atoms with Gasteiger partial charge in [-0.2, -0.15) is 5.10 Å². The highest BCUT2D eigenvalue weighted by Crippen LogP contribution is 2.26. The number of amides is 1. The molecule has 1 amide bonds. The Kier molecular flexibility index (Phi) is 5.02. The van der Waals surface area contributed by atoms with Crippen molar-refractivity contribution in [2.24, 2.45) is 0 Å². The van der Waals surface area contributed by atoms with E-state index >= 15 is 0 Å². The van der Waals surface area contributed by atoms with Crippen LogP contribution in [0, 0.1) is 12.7 Å². The molecule has 0 aliphatic heterocycles. The van der Waals surface area contributed by atoms with Crippen LogP contribution in [0.25, 0.3) is 5.69 Å². The summed E-state index contributed by atoms with van der Waals surface area (Å²) in [5.74, 6) is 0.0501. The number of carbonyl (C=O) groups excluding carboxylic acids is 1. The van der Waals surface area contributed by atoms with Gasteiger partial charge in [0.2, 0.25) is 0 Å². The predicted molar refractivity (Wildman–Crippen MR) is 97.1 cm³/mol. The van der Waals surface area contributed by atoms with E-state index in [-0.39, 0.29) is 23.5 Å². The fourth-order valence-corrected chi connectivity index (χ4v) is 2.75. The lowest BCUT2D eigenvalue weighted by atomic mass is 10.0. The van der Waals surface area contributed by atoms with Gasteiger partial charge in [-0.05, 0) is 44.2 Å². The lowest BCUT2D eigenvalue weighted by Gasteiger charge is -2.17. The van der Waals surface area contributed by atoms with Crippen molar-refractivity contribution in [1.29, 1.82) is 0 Å². The summed E-state index contributed by atoms with van der Waals surface area (Å²) >= 11 is 0. The van der Waals surface area contributed by atoms with E-state index < -0.39 is 0 Å². The van der Waals surface area contributed by atoms with Gasteiger partial charge >= 0.3 is 0 Å². The van der Waals surface area contributed by atoms with Gasteiger partial charge < -0.3 is 10.1 Å². The zero-order chi connectivity index (χ0) is 18.7. The largest absolute Gasteiger partial charge is 0.496 e. The van der Waals surface area contributed by atoms with E-state index in [1.54, 1.807) is 31.5 Å². The quantitative estimate of drug-likeness (QED) is 0.759.